The zero-order valence-electron chi connectivity index (χ0n) is 9.26. The lowest BCUT2D eigenvalue weighted by atomic mass is 10.1. The van der Waals surface area contributed by atoms with Gasteiger partial charge in [-0.1, -0.05) is 0 Å². The topological polar surface area (TPSA) is 69.0 Å². The second-order valence-electron chi connectivity index (χ2n) is 3.72. The van der Waals surface area contributed by atoms with Gasteiger partial charge >= 0.3 is 0 Å². The first-order chi connectivity index (χ1) is 7.81. The molecule has 1 atom stereocenters. The maximum Gasteiger partial charge on any atom is 0.122 e. The Labute approximate surface area is 94.2 Å². The smallest absolute Gasteiger partial charge is 0.122 e. The van der Waals surface area contributed by atoms with Gasteiger partial charge in [0.1, 0.15) is 5.76 Å². The lowest BCUT2D eigenvalue weighted by Crippen LogP contribution is -2.28. The average Bonchev–Trinajstić information content (AvgIpc) is 2.92. The zero-order chi connectivity index (χ0) is 11.4. The van der Waals surface area contributed by atoms with E-state index < -0.39 is 0 Å². The minimum absolute atomic E-state index is 0.0462. The van der Waals surface area contributed by atoms with Crippen LogP contribution in [-0.2, 0) is 13.5 Å². The molecule has 0 aliphatic rings. The summed E-state index contributed by atoms with van der Waals surface area (Å²) in [7, 11) is 1.94. The number of nitrogens with zero attached hydrogens (tertiary/aromatic N) is 2. The quantitative estimate of drug-likeness (QED) is 0.586. The molecule has 2 heterocycles. The van der Waals surface area contributed by atoms with E-state index in [0.29, 0.717) is 0 Å². The lowest BCUT2D eigenvalue weighted by Gasteiger charge is -2.12. The van der Waals surface area contributed by atoms with Crippen LogP contribution in [0, 0.1) is 0 Å². The highest BCUT2D eigenvalue weighted by molar-refractivity contribution is 5.06. The molecule has 3 N–H and O–H groups in total. The van der Waals surface area contributed by atoms with Crippen LogP contribution in [0.15, 0.2) is 35.1 Å². The fraction of sp³-hybridized carbons (Fsp3) is 0.364. The van der Waals surface area contributed by atoms with E-state index in [0.717, 1.165) is 18.6 Å². The minimum atomic E-state index is 0.0462. The highest BCUT2D eigenvalue weighted by Crippen LogP contribution is 2.18. The van der Waals surface area contributed by atoms with Crippen molar-refractivity contribution < 1.29 is 4.42 Å². The third-order valence-electron chi connectivity index (χ3n) is 2.70. The van der Waals surface area contributed by atoms with Crippen molar-refractivity contribution in [1.82, 2.24) is 15.2 Å². The van der Waals surface area contributed by atoms with Crippen molar-refractivity contribution >= 4 is 0 Å². The molecule has 0 aliphatic heterocycles. The van der Waals surface area contributed by atoms with Gasteiger partial charge < -0.3 is 4.42 Å². The Hall–Kier alpha value is -1.59. The SMILES string of the molecule is Cn1nccc1CCC(NN)c1ccco1. The number of aromatic nitrogens is 2. The Balaban J connectivity index is 1.96. The summed E-state index contributed by atoms with van der Waals surface area (Å²) >= 11 is 0. The summed E-state index contributed by atoms with van der Waals surface area (Å²) in [6, 6.07) is 5.85. The lowest BCUT2D eigenvalue weighted by molar-refractivity contribution is 0.398. The minimum Gasteiger partial charge on any atom is -0.468 e. The van der Waals surface area contributed by atoms with Gasteiger partial charge in [-0.15, -0.1) is 0 Å². The van der Waals surface area contributed by atoms with Crippen LogP contribution >= 0.6 is 0 Å². The Morgan fingerprint density at radius 3 is 3.00 bits per heavy atom. The van der Waals surface area contributed by atoms with Gasteiger partial charge in [0.15, 0.2) is 0 Å². The molecule has 0 radical (unpaired) electrons. The van der Waals surface area contributed by atoms with Crippen LogP contribution in [-0.4, -0.2) is 9.78 Å². The molecule has 0 aromatic carbocycles. The van der Waals surface area contributed by atoms with Gasteiger partial charge in [0.2, 0.25) is 0 Å². The molecule has 5 nitrogen and oxygen atoms in total. The number of hydrogen-bond acceptors (Lipinski definition) is 4. The fourth-order valence-electron chi connectivity index (χ4n) is 1.74. The summed E-state index contributed by atoms with van der Waals surface area (Å²) in [5.41, 5.74) is 3.95. The molecule has 0 amide bonds. The van der Waals surface area contributed by atoms with Crippen LogP contribution in [0.4, 0.5) is 0 Å². The van der Waals surface area contributed by atoms with E-state index in [1.807, 2.05) is 29.9 Å². The van der Waals surface area contributed by atoms with Crippen molar-refractivity contribution in [3.05, 3.63) is 42.1 Å². The number of nitrogens with one attached hydrogen (secondary N) is 1. The van der Waals surface area contributed by atoms with E-state index in [4.69, 9.17) is 10.3 Å². The van der Waals surface area contributed by atoms with Crippen molar-refractivity contribution in [2.24, 2.45) is 12.9 Å². The molecule has 86 valence electrons. The number of nitrogens with two attached hydrogens (primary N) is 1. The highest BCUT2D eigenvalue weighted by atomic mass is 16.3. The normalized spacial score (nSPS) is 12.9. The first-order valence-electron chi connectivity index (χ1n) is 5.27. The Kier molecular flexibility index (Phi) is 3.38. The van der Waals surface area contributed by atoms with Gasteiger partial charge in [-0.05, 0) is 31.0 Å². The van der Waals surface area contributed by atoms with Crippen molar-refractivity contribution in [3.8, 4) is 0 Å². The second kappa shape index (κ2) is 4.96. The Morgan fingerprint density at radius 2 is 2.44 bits per heavy atom. The Bertz CT molecular complexity index is 421. The number of hydrogen-bond donors (Lipinski definition) is 2. The van der Waals surface area contributed by atoms with Gasteiger partial charge in [0.05, 0.1) is 12.3 Å². The van der Waals surface area contributed by atoms with E-state index >= 15 is 0 Å². The maximum atomic E-state index is 5.51. The summed E-state index contributed by atoms with van der Waals surface area (Å²) in [5, 5.41) is 4.12. The van der Waals surface area contributed by atoms with Crippen LogP contribution in [0.5, 0.6) is 0 Å². The van der Waals surface area contributed by atoms with Crippen LogP contribution in [0.25, 0.3) is 0 Å². The van der Waals surface area contributed by atoms with Gasteiger partial charge in [-0.3, -0.25) is 10.5 Å². The van der Waals surface area contributed by atoms with Crippen molar-refractivity contribution in [1.29, 1.82) is 0 Å². The molecule has 0 bridgehead atoms. The van der Waals surface area contributed by atoms with Crippen LogP contribution in [0.3, 0.4) is 0 Å². The highest BCUT2D eigenvalue weighted by Gasteiger charge is 2.13. The largest absolute Gasteiger partial charge is 0.468 e. The van der Waals surface area contributed by atoms with Gasteiger partial charge in [-0.25, -0.2) is 5.43 Å². The predicted octanol–water partition coefficient (Wildman–Crippen LogP) is 1.15. The first kappa shape index (κ1) is 10.9. The summed E-state index contributed by atoms with van der Waals surface area (Å²) in [4.78, 5) is 0. The second-order valence-corrected chi connectivity index (χ2v) is 3.72. The summed E-state index contributed by atoms with van der Waals surface area (Å²) in [6.07, 6.45) is 5.24. The standard InChI is InChI=1S/C11H16N4O/c1-15-9(6-7-13-15)4-5-10(14-12)11-3-2-8-16-11/h2-3,6-8,10,14H,4-5,12H2,1H3. The fourth-order valence-corrected chi connectivity index (χ4v) is 1.74. The molecule has 0 aliphatic carbocycles. The first-order valence-corrected chi connectivity index (χ1v) is 5.27. The molecule has 2 aromatic heterocycles. The van der Waals surface area contributed by atoms with Crippen molar-refractivity contribution in [2.75, 3.05) is 0 Å². The van der Waals surface area contributed by atoms with Gasteiger partial charge in [0.25, 0.3) is 0 Å². The van der Waals surface area contributed by atoms with Crippen LogP contribution in [0.2, 0.25) is 0 Å². The summed E-state index contributed by atoms with van der Waals surface area (Å²) in [5.74, 6) is 6.37. The summed E-state index contributed by atoms with van der Waals surface area (Å²) < 4.78 is 7.19. The molecular formula is C11H16N4O. The van der Waals surface area contributed by atoms with E-state index in [2.05, 4.69) is 10.5 Å². The molecule has 2 aromatic rings. The number of rotatable bonds is 5. The van der Waals surface area contributed by atoms with Crippen molar-refractivity contribution in [3.63, 3.8) is 0 Å². The Morgan fingerprint density at radius 1 is 1.56 bits per heavy atom. The summed E-state index contributed by atoms with van der Waals surface area (Å²) in [6.45, 7) is 0. The average molecular weight is 220 g/mol. The molecular weight excluding hydrogens is 204 g/mol. The van der Waals surface area contributed by atoms with Gasteiger partial charge in [-0.2, -0.15) is 5.10 Å². The molecule has 1 unspecified atom stereocenters. The molecule has 5 heteroatoms. The predicted molar refractivity (Wildman–Crippen MR) is 60.3 cm³/mol. The molecule has 0 saturated heterocycles. The molecule has 16 heavy (non-hydrogen) atoms. The number of furan rings is 1. The molecule has 2 rings (SSSR count). The van der Waals surface area contributed by atoms with Crippen molar-refractivity contribution in [2.45, 2.75) is 18.9 Å². The van der Waals surface area contributed by atoms with Gasteiger partial charge in [0, 0.05) is 18.9 Å². The van der Waals surface area contributed by atoms with Crippen LogP contribution < -0.4 is 11.3 Å². The zero-order valence-corrected chi connectivity index (χ0v) is 9.26. The molecule has 0 saturated carbocycles. The third-order valence-corrected chi connectivity index (χ3v) is 2.70. The third kappa shape index (κ3) is 2.32. The molecule has 0 spiro atoms. The van der Waals surface area contributed by atoms with Crippen LogP contribution in [0.1, 0.15) is 23.9 Å². The van der Waals surface area contributed by atoms with E-state index in [9.17, 15) is 0 Å². The van der Waals surface area contributed by atoms with E-state index in [-0.39, 0.29) is 6.04 Å². The van der Waals surface area contributed by atoms with E-state index in [1.54, 1.807) is 12.5 Å². The monoisotopic (exact) mass is 220 g/mol. The number of hydrazine groups is 1. The molecule has 0 fully saturated rings. The maximum absolute atomic E-state index is 5.51. The van der Waals surface area contributed by atoms with E-state index in [1.165, 1.54) is 5.69 Å². The number of aryl methyl sites for hydroxylation is 2.